The van der Waals surface area contributed by atoms with Gasteiger partial charge in [-0.1, -0.05) is 0 Å². The van der Waals surface area contributed by atoms with E-state index in [1.165, 1.54) is 6.33 Å². The van der Waals surface area contributed by atoms with Crippen LogP contribution in [-0.4, -0.2) is 40.6 Å². The summed E-state index contributed by atoms with van der Waals surface area (Å²) in [5.41, 5.74) is 1.83. The molecule has 3 rings (SSSR count). The van der Waals surface area contributed by atoms with Gasteiger partial charge in [-0.2, -0.15) is 9.61 Å². The van der Waals surface area contributed by atoms with Crippen LogP contribution in [0.2, 0.25) is 0 Å². The Hall–Kier alpha value is -1.63. The summed E-state index contributed by atoms with van der Waals surface area (Å²) >= 11 is 0. The van der Waals surface area contributed by atoms with Gasteiger partial charge in [0.1, 0.15) is 12.1 Å². The Labute approximate surface area is 111 Å². The normalized spacial score (nSPS) is 21.8. The van der Waals surface area contributed by atoms with Crippen LogP contribution >= 0.6 is 0 Å². The summed E-state index contributed by atoms with van der Waals surface area (Å²) in [6.45, 7) is 2.41. The molecule has 1 aliphatic rings. The Kier molecular flexibility index (Phi) is 2.93. The molecule has 1 aliphatic heterocycles. The number of nitrogens with one attached hydrogen (secondary N) is 1. The number of aromatic nitrogens is 3. The lowest BCUT2D eigenvalue weighted by Gasteiger charge is -2.13. The van der Waals surface area contributed by atoms with E-state index in [2.05, 4.69) is 15.4 Å². The van der Waals surface area contributed by atoms with Crippen LogP contribution in [0.5, 0.6) is 0 Å². The molecule has 0 amide bonds. The van der Waals surface area contributed by atoms with Gasteiger partial charge >= 0.3 is 0 Å². The number of hydrogen-bond acceptors (Lipinski definition) is 5. The van der Waals surface area contributed by atoms with Crippen molar-refractivity contribution in [3.63, 3.8) is 0 Å². The Morgan fingerprint density at radius 2 is 2.32 bits per heavy atom. The third-order valence-electron chi connectivity index (χ3n) is 3.50. The molecular weight excluding hydrogens is 264 g/mol. The number of rotatable bonds is 3. The molecule has 19 heavy (non-hydrogen) atoms. The summed E-state index contributed by atoms with van der Waals surface area (Å²) in [6.07, 6.45) is 3.00. The van der Waals surface area contributed by atoms with Gasteiger partial charge < -0.3 is 5.32 Å². The SMILES string of the molecule is Cc1cc(NCC2CCCS2(=O)=O)n2ncnc2c1. The lowest BCUT2D eigenvalue weighted by molar-refractivity contribution is 0.591. The second-order valence-corrected chi connectivity index (χ2v) is 7.36. The van der Waals surface area contributed by atoms with E-state index in [1.807, 2.05) is 19.1 Å². The predicted molar refractivity (Wildman–Crippen MR) is 73.0 cm³/mol. The number of pyridine rings is 1. The van der Waals surface area contributed by atoms with Crippen molar-refractivity contribution >= 4 is 21.3 Å². The van der Waals surface area contributed by atoms with Gasteiger partial charge in [0.2, 0.25) is 0 Å². The number of aryl methyl sites for hydroxylation is 1. The van der Waals surface area contributed by atoms with Crippen molar-refractivity contribution in [2.45, 2.75) is 25.0 Å². The quantitative estimate of drug-likeness (QED) is 0.908. The second kappa shape index (κ2) is 4.48. The van der Waals surface area contributed by atoms with Crippen LogP contribution in [-0.2, 0) is 9.84 Å². The minimum absolute atomic E-state index is 0.286. The largest absolute Gasteiger partial charge is 0.369 e. The zero-order valence-electron chi connectivity index (χ0n) is 10.7. The standard InChI is InChI=1S/C12H16N4O2S/c1-9-5-11(16-12(6-9)14-8-15-16)13-7-10-3-2-4-19(10,17)18/h5-6,8,10,13H,2-4,7H2,1H3. The van der Waals surface area contributed by atoms with Crippen LogP contribution in [0.15, 0.2) is 18.5 Å². The molecule has 0 spiro atoms. The molecule has 6 nitrogen and oxygen atoms in total. The number of anilines is 1. The van der Waals surface area contributed by atoms with Crippen LogP contribution in [0.25, 0.3) is 5.65 Å². The average Bonchev–Trinajstić information content (AvgIpc) is 2.92. The van der Waals surface area contributed by atoms with Gasteiger partial charge in [0.15, 0.2) is 15.5 Å². The molecule has 102 valence electrons. The lowest BCUT2D eigenvalue weighted by Crippen LogP contribution is -2.25. The monoisotopic (exact) mass is 280 g/mol. The highest BCUT2D eigenvalue weighted by atomic mass is 32.2. The second-order valence-electron chi connectivity index (χ2n) is 4.96. The highest BCUT2D eigenvalue weighted by Crippen LogP contribution is 2.21. The molecule has 0 bridgehead atoms. The van der Waals surface area contributed by atoms with Gasteiger partial charge in [0.25, 0.3) is 0 Å². The molecule has 1 atom stereocenters. The number of hydrogen-bond donors (Lipinski definition) is 1. The fourth-order valence-corrected chi connectivity index (χ4v) is 4.25. The van der Waals surface area contributed by atoms with Crippen molar-refractivity contribution in [3.8, 4) is 0 Å². The van der Waals surface area contributed by atoms with Crippen molar-refractivity contribution in [1.29, 1.82) is 0 Å². The topological polar surface area (TPSA) is 76.4 Å². The smallest absolute Gasteiger partial charge is 0.157 e. The minimum atomic E-state index is -2.92. The maximum atomic E-state index is 11.8. The van der Waals surface area contributed by atoms with Crippen LogP contribution in [0.3, 0.4) is 0 Å². The molecule has 1 N–H and O–H groups in total. The first-order valence-corrected chi connectivity index (χ1v) is 8.04. The summed E-state index contributed by atoms with van der Waals surface area (Å²) < 4.78 is 25.3. The molecule has 0 saturated carbocycles. The number of sulfone groups is 1. The molecule has 1 saturated heterocycles. The predicted octanol–water partition coefficient (Wildman–Crippen LogP) is 1.03. The third kappa shape index (κ3) is 2.30. The Balaban J connectivity index is 1.84. The van der Waals surface area contributed by atoms with Crippen LogP contribution in [0.1, 0.15) is 18.4 Å². The summed E-state index contributed by atoms with van der Waals surface area (Å²) in [4.78, 5) is 4.14. The Morgan fingerprint density at radius 1 is 1.47 bits per heavy atom. The summed E-state index contributed by atoms with van der Waals surface area (Å²) in [7, 11) is -2.92. The van der Waals surface area contributed by atoms with Crippen LogP contribution in [0, 0.1) is 6.92 Å². The van der Waals surface area contributed by atoms with Crippen molar-refractivity contribution in [2.75, 3.05) is 17.6 Å². The molecule has 1 unspecified atom stereocenters. The van der Waals surface area contributed by atoms with Crippen molar-refractivity contribution in [1.82, 2.24) is 14.6 Å². The molecule has 1 fully saturated rings. The number of nitrogens with zero attached hydrogens (tertiary/aromatic N) is 3. The maximum Gasteiger partial charge on any atom is 0.157 e. The van der Waals surface area contributed by atoms with Gasteiger partial charge in [-0.15, -0.1) is 0 Å². The Morgan fingerprint density at radius 3 is 3.05 bits per heavy atom. The molecular formula is C12H16N4O2S. The first-order chi connectivity index (χ1) is 9.06. The molecule has 0 radical (unpaired) electrons. The van der Waals surface area contributed by atoms with Crippen molar-refractivity contribution in [2.24, 2.45) is 0 Å². The molecule has 0 aliphatic carbocycles. The first kappa shape index (κ1) is 12.4. The lowest BCUT2D eigenvalue weighted by atomic mass is 10.2. The molecule has 7 heteroatoms. The highest BCUT2D eigenvalue weighted by molar-refractivity contribution is 7.92. The van der Waals surface area contributed by atoms with Gasteiger partial charge in [0, 0.05) is 6.54 Å². The van der Waals surface area contributed by atoms with E-state index in [4.69, 9.17) is 0 Å². The van der Waals surface area contributed by atoms with E-state index in [0.29, 0.717) is 12.3 Å². The summed E-state index contributed by atoms with van der Waals surface area (Å²) in [5.74, 6) is 1.10. The molecule has 2 aromatic rings. The summed E-state index contributed by atoms with van der Waals surface area (Å²) in [6, 6.07) is 3.88. The van der Waals surface area contributed by atoms with Crippen LogP contribution in [0.4, 0.5) is 5.82 Å². The van der Waals surface area contributed by atoms with E-state index >= 15 is 0 Å². The van der Waals surface area contributed by atoms with E-state index < -0.39 is 9.84 Å². The zero-order valence-corrected chi connectivity index (χ0v) is 11.5. The molecule has 0 aromatic carbocycles. The maximum absolute atomic E-state index is 11.8. The number of fused-ring (bicyclic) bond motifs is 1. The average molecular weight is 280 g/mol. The Bertz CT molecular complexity index is 708. The van der Waals surface area contributed by atoms with Gasteiger partial charge in [-0.3, -0.25) is 0 Å². The molecule has 2 aromatic heterocycles. The fraction of sp³-hybridized carbons (Fsp3) is 0.500. The van der Waals surface area contributed by atoms with Gasteiger partial charge in [-0.05, 0) is 37.5 Å². The summed E-state index contributed by atoms with van der Waals surface area (Å²) in [5, 5.41) is 7.04. The van der Waals surface area contributed by atoms with Gasteiger partial charge in [-0.25, -0.2) is 13.4 Å². The van der Waals surface area contributed by atoms with E-state index in [-0.39, 0.29) is 5.25 Å². The zero-order chi connectivity index (χ0) is 13.5. The molecule has 3 heterocycles. The van der Waals surface area contributed by atoms with Gasteiger partial charge in [0.05, 0.1) is 11.0 Å². The minimum Gasteiger partial charge on any atom is -0.369 e. The van der Waals surface area contributed by atoms with E-state index in [1.54, 1.807) is 4.52 Å². The highest BCUT2D eigenvalue weighted by Gasteiger charge is 2.30. The van der Waals surface area contributed by atoms with E-state index in [9.17, 15) is 8.42 Å². The van der Waals surface area contributed by atoms with Crippen molar-refractivity contribution in [3.05, 3.63) is 24.0 Å². The third-order valence-corrected chi connectivity index (χ3v) is 5.77. The van der Waals surface area contributed by atoms with Crippen LogP contribution < -0.4 is 5.32 Å². The van der Waals surface area contributed by atoms with E-state index in [0.717, 1.165) is 29.9 Å². The van der Waals surface area contributed by atoms with Crippen molar-refractivity contribution < 1.29 is 8.42 Å². The first-order valence-electron chi connectivity index (χ1n) is 6.32. The fourth-order valence-electron chi connectivity index (χ4n) is 2.49.